The van der Waals surface area contributed by atoms with E-state index in [9.17, 15) is 9.59 Å². The standard InChI is InChI=1S/C24H22ClN3O4S/c1-3-31-23(30)21-15(2)26-24-28(11-12-33-24)22(21)18-9-4-5-10-19(18)32-14-20(29)27-17-8-6-7-16(25)13-17/h4-13,22H,3,14H2,1-2H3,(H,27,29). The van der Waals surface area contributed by atoms with Gasteiger partial charge in [0, 0.05) is 22.5 Å². The van der Waals surface area contributed by atoms with E-state index in [1.807, 2.05) is 34.7 Å². The van der Waals surface area contributed by atoms with E-state index in [-0.39, 0.29) is 19.1 Å². The molecule has 1 unspecified atom stereocenters. The summed E-state index contributed by atoms with van der Waals surface area (Å²) in [5.74, 6) is -0.265. The van der Waals surface area contributed by atoms with Crippen molar-refractivity contribution in [3.05, 3.63) is 82.0 Å². The first-order valence-electron chi connectivity index (χ1n) is 10.3. The topological polar surface area (TPSA) is 80.2 Å². The normalized spacial score (nSPS) is 16.9. The summed E-state index contributed by atoms with van der Waals surface area (Å²) in [6, 6.07) is 13.7. The van der Waals surface area contributed by atoms with Crippen molar-refractivity contribution in [2.45, 2.75) is 19.9 Å². The molecule has 33 heavy (non-hydrogen) atoms. The van der Waals surface area contributed by atoms with Crippen LogP contribution < -0.4 is 10.1 Å². The number of aliphatic imine (C=N–C) groups is 1. The summed E-state index contributed by atoms with van der Waals surface area (Å²) in [6.45, 7) is 3.61. The van der Waals surface area contributed by atoms with Crippen LogP contribution in [0.1, 0.15) is 25.5 Å². The number of para-hydroxylation sites is 1. The van der Waals surface area contributed by atoms with Gasteiger partial charge in [0.05, 0.1) is 23.9 Å². The maximum atomic E-state index is 12.9. The van der Waals surface area contributed by atoms with E-state index in [4.69, 9.17) is 21.1 Å². The van der Waals surface area contributed by atoms with E-state index in [2.05, 4.69) is 10.3 Å². The summed E-state index contributed by atoms with van der Waals surface area (Å²) in [5.41, 5.74) is 2.34. The molecule has 2 aliphatic heterocycles. The summed E-state index contributed by atoms with van der Waals surface area (Å²) in [7, 11) is 0. The second-order valence-electron chi connectivity index (χ2n) is 7.21. The van der Waals surface area contributed by atoms with Crippen molar-refractivity contribution in [2.24, 2.45) is 4.99 Å². The second-order valence-corrected chi connectivity index (χ2v) is 8.52. The van der Waals surface area contributed by atoms with Crippen LogP contribution in [-0.4, -0.2) is 35.2 Å². The Bertz CT molecular complexity index is 1180. The van der Waals surface area contributed by atoms with Crippen molar-refractivity contribution < 1.29 is 19.1 Å². The van der Waals surface area contributed by atoms with Crippen LogP contribution in [0.4, 0.5) is 5.69 Å². The number of benzene rings is 2. The number of amidine groups is 1. The van der Waals surface area contributed by atoms with E-state index < -0.39 is 12.0 Å². The van der Waals surface area contributed by atoms with E-state index in [1.54, 1.807) is 44.2 Å². The Labute approximate surface area is 201 Å². The molecule has 0 radical (unpaired) electrons. The number of fused-ring (bicyclic) bond motifs is 1. The fourth-order valence-corrected chi connectivity index (χ4v) is 4.60. The number of ether oxygens (including phenoxy) is 2. The first kappa shape index (κ1) is 22.9. The van der Waals surface area contributed by atoms with Crippen molar-refractivity contribution in [1.82, 2.24) is 4.90 Å². The molecule has 2 heterocycles. The molecular formula is C24H22ClN3O4S. The first-order chi connectivity index (χ1) is 16.0. The second kappa shape index (κ2) is 10.1. The molecule has 2 aromatic rings. The summed E-state index contributed by atoms with van der Waals surface area (Å²) in [6.07, 6.45) is 1.88. The van der Waals surface area contributed by atoms with E-state index in [0.717, 1.165) is 10.7 Å². The van der Waals surface area contributed by atoms with Crippen LogP contribution in [0.25, 0.3) is 0 Å². The number of rotatable bonds is 7. The third-order valence-corrected chi connectivity index (χ3v) is 6.00. The minimum atomic E-state index is -0.491. The molecule has 1 atom stereocenters. The van der Waals surface area contributed by atoms with E-state index >= 15 is 0 Å². The van der Waals surface area contributed by atoms with Crippen molar-refractivity contribution in [3.63, 3.8) is 0 Å². The third kappa shape index (κ3) is 5.07. The molecule has 2 aliphatic rings. The lowest BCUT2D eigenvalue weighted by atomic mass is 9.94. The quantitative estimate of drug-likeness (QED) is 0.550. The molecule has 0 fully saturated rings. The average Bonchev–Trinajstić information content (AvgIpc) is 3.25. The summed E-state index contributed by atoms with van der Waals surface area (Å²) < 4.78 is 11.2. The van der Waals surface area contributed by atoms with Crippen LogP contribution in [0.15, 0.2) is 76.4 Å². The smallest absolute Gasteiger partial charge is 0.338 e. The molecular weight excluding hydrogens is 462 g/mol. The molecule has 9 heteroatoms. The molecule has 2 aromatic carbocycles. The van der Waals surface area contributed by atoms with Crippen molar-refractivity contribution in [2.75, 3.05) is 18.5 Å². The fraction of sp³-hybridized carbons (Fsp3) is 0.208. The van der Waals surface area contributed by atoms with Crippen molar-refractivity contribution >= 4 is 46.1 Å². The number of amides is 1. The molecule has 0 aliphatic carbocycles. The maximum absolute atomic E-state index is 12.9. The zero-order valence-corrected chi connectivity index (χ0v) is 19.7. The molecule has 170 valence electrons. The lowest BCUT2D eigenvalue weighted by molar-refractivity contribution is -0.139. The zero-order chi connectivity index (χ0) is 23.4. The van der Waals surface area contributed by atoms with Gasteiger partial charge in [-0.1, -0.05) is 47.6 Å². The number of nitrogens with one attached hydrogen (secondary N) is 1. The largest absolute Gasteiger partial charge is 0.483 e. The van der Waals surface area contributed by atoms with Gasteiger partial charge in [-0.2, -0.15) is 0 Å². The van der Waals surface area contributed by atoms with Gasteiger partial charge >= 0.3 is 5.97 Å². The molecule has 0 saturated carbocycles. The molecule has 0 bridgehead atoms. The van der Waals surface area contributed by atoms with Crippen molar-refractivity contribution in [1.29, 1.82) is 0 Å². The Morgan fingerprint density at radius 3 is 2.82 bits per heavy atom. The molecule has 7 nitrogen and oxygen atoms in total. The van der Waals surface area contributed by atoms with Gasteiger partial charge in [-0.15, -0.1) is 0 Å². The van der Waals surface area contributed by atoms with Gasteiger partial charge < -0.3 is 19.7 Å². The Morgan fingerprint density at radius 1 is 1.21 bits per heavy atom. The number of nitrogens with zero attached hydrogens (tertiary/aromatic N) is 2. The van der Waals surface area contributed by atoms with Gasteiger partial charge in [0.15, 0.2) is 11.8 Å². The monoisotopic (exact) mass is 483 g/mol. The summed E-state index contributed by atoms with van der Waals surface area (Å²) >= 11 is 7.46. The minimum Gasteiger partial charge on any atom is -0.483 e. The predicted molar refractivity (Wildman–Crippen MR) is 130 cm³/mol. The molecule has 1 amide bonds. The van der Waals surface area contributed by atoms with Gasteiger partial charge in [-0.25, -0.2) is 9.79 Å². The van der Waals surface area contributed by atoms with Crippen LogP contribution in [-0.2, 0) is 14.3 Å². The van der Waals surface area contributed by atoms with Crippen LogP contribution in [0, 0.1) is 0 Å². The number of carbonyl (C=O) groups is 2. The van der Waals surface area contributed by atoms with Crippen LogP contribution in [0.5, 0.6) is 5.75 Å². The molecule has 0 aromatic heterocycles. The number of anilines is 1. The summed E-state index contributed by atoms with van der Waals surface area (Å²) in [4.78, 5) is 31.8. The Balaban J connectivity index is 1.60. The number of halogens is 1. The summed E-state index contributed by atoms with van der Waals surface area (Å²) in [5, 5.41) is 5.97. The Morgan fingerprint density at radius 2 is 2.03 bits per heavy atom. The van der Waals surface area contributed by atoms with Crippen LogP contribution in [0.3, 0.4) is 0 Å². The highest BCUT2D eigenvalue weighted by atomic mass is 35.5. The van der Waals surface area contributed by atoms with E-state index in [0.29, 0.717) is 27.7 Å². The van der Waals surface area contributed by atoms with Gasteiger partial charge in [-0.05, 0) is 43.5 Å². The average molecular weight is 484 g/mol. The highest BCUT2D eigenvalue weighted by Crippen LogP contribution is 2.43. The number of carbonyl (C=O) groups excluding carboxylic acids is 2. The minimum absolute atomic E-state index is 0.209. The Hall–Kier alpha value is -3.23. The number of thioether (sulfide) groups is 1. The molecule has 4 rings (SSSR count). The lowest BCUT2D eigenvalue weighted by Gasteiger charge is -2.34. The van der Waals surface area contributed by atoms with Crippen LogP contribution in [0.2, 0.25) is 5.02 Å². The molecule has 0 spiro atoms. The maximum Gasteiger partial charge on any atom is 0.338 e. The van der Waals surface area contributed by atoms with Gasteiger partial charge in [-0.3, -0.25) is 4.79 Å². The highest BCUT2D eigenvalue weighted by molar-refractivity contribution is 8.16. The number of allylic oxidation sites excluding steroid dienone is 1. The van der Waals surface area contributed by atoms with Gasteiger partial charge in [0.2, 0.25) is 0 Å². The predicted octanol–water partition coefficient (Wildman–Crippen LogP) is 5.13. The lowest BCUT2D eigenvalue weighted by Crippen LogP contribution is -2.34. The van der Waals surface area contributed by atoms with Gasteiger partial charge in [0.1, 0.15) is 5.75 Å². The number of esters is 1. The highest BCUT2D eigenvalue weighted by Gasteiger charge is 2.38. The SMILES string of the molecule is CCOC(=O)C1=C(C)N=C2SC=CN2C1c1ccccc1OCC(=O)Nc1cccc(Cl)c1. The fourth-order valence-electron chi connectivity index (χ4n) is 3.62. The number of hydrogen-bond acceptors (Lipinski definition) is 7. The van der Waals surface area contributed by atoms with Crippen molar-refractivity contribution in [3.8, 4) is 5.75 Å². The number of hydrogen-bond donors (Lipinski definition) is 1. The van der Waals surface area contributed by atoms with Gasteiger partial charge in [0.25, 0.3) is 5.91 Å². The first-order valence-corrected chi connectivity index (χ1v) is 11.6. The third-order valence-electron chi connectivity index (χ3n) is 5.00. The van der Waals surface area contributed by atoms with E-state index in [1.165, 1.54) is 11.8 Å². The molecule has 1 N–H and O–H groups in total. The van der Waals surface area contributed by atoms with Crippen LogP contribution >= 0.6 is 23.4 Å². The zero-order valence-electron chi connectivity index (χ0n) is 18.1. The molecule has 0 saturated heterocycles. The Kier molecular flexibility index (Phi) is 7.05.